The molecule has 2 aliphatic rings. The Morgan fingerprint density at radius 3 is 2.29 bits per heavy atom. The molecule has 0 spiro atoms. The average Bonchev–Trinajstić information content (AvgIpc) is 3.37. The topological polar surface area (TPSA) is 69.2 Å². The van der Waals surface area contributed by atoms with Gasteiger partial charge in [0.1, 0.15) is 24.0 Å². The Kier molecular flexibility index (Phi) is 7.21. The van der Waals surface area contributed by atoms with E-state index in [1.54, 1.807) is 0 Å². The molecule has 2 fully saturated rings. The smallest absolute Gasteiger partial charge is 0.135 e. The summed E-state index contributed by atoms with van der Waals surface area (Å²) in [4.78, 5) is 2.74. The number of ether oxygens (including phenoxy) is 1. The molecule has 0 amide bonds. The molecule has 2 N–H and O–H groups in total. The fourth-order valence-electron chi connectivity index (χ4n) is 6.06. The number of piperidine rings is 1. The Hall–Kier alpha value is -2.70. The molecule has 1 aromatic heterocycles. The van der Waals surface area contributed by atoms with Crippen molar-refractivity contribution in [3.63, 3.8) is 0 Å². The molecule has 6 heteroatoms. The summed E-state index contributed by atoms with van der Waals surface area (Å²) < 4.78 is 8.36. The molecule has 0 saturated carbocycles. The van der Waals surface area contributed by atoms with E-state index in [1.807, 2.05) is 30.3 Å². The van der Waals surface area contributed by atoms with Gasteiger partial charge in [-0.25, -0.2) is 0 Å². The molecule has 3 heterocycles. The van der Waals surface area contributed by atoms with Gasteiger partial charge in [0.05, 0.1) is 0 Å². The van der Waals surface area contributed by atoms with E-state index in [9.17, 15) is 0 Å². The maximum Gasteiger partial charge on any atom is 0.135 e. The highest BCUT2D eigenvalue weighted by atomic mass is 16.5. The van der Waals surface area contributed by atoms with E-state index in [1.165, 1.54) is 36.8 Å². The number of nitrogens with zero attached hydrogens (tertiary/aromatic N) is 4. The van der Waals surface area contributed by atoms with Gasteiger partial charge in [0, 0.05) is 36.6 Å². The lowest BCUT2D eigenvalue weighted by molar-refractivity contribution is 0.101. The van der Waals surface area contributed by atoms with Crippen molar-refractivity contribution in [1.82, 2.24) is 19.7 Å². The Morgan fingerprint density at radius 2 is 1.63 bits per heavy atom. The number of fused-ring (bicyclic) bond motifs is 2. The van der Waals surface area contributed by atoms with Gasteiger partial charge < -0.3 is 15.0 Å². The highest BCUT2D eigenvalue weighted by Crippen LogP contribution is 2.42. The molecule has 2 saturated heterocycles. The first-order valence-electron chi connectivity index (χ1n) is 13.2. The molecule has 3 aromatic rings. The number of aryl methyl sites for hydroxylation is 1. The molecule has 2 bridgehead atoms. The number of aromatic nitrogens is 3. The standard InChI is InChI=1S/C29H39N5O/c1-20(2)29-32-31-21(3)34(29)26-17-24-11-12-25(18-26)33(24)16-15-28(30)23-9-13-27(14-10-23)35-19-22-7-5-4-6-8-22/h4-10,13-14,20,24-26,28H,11-12,15-19,30H2,1-3H3/t24?,25?,26?,28-/m0/s1. The van der Waals surface area contributed by atoms with Crippen LogP contribution in [0.5, 0.6) is 5.75 Å². The second-order valence-electron chi connectivity index (χ2n) is 10.6. The second kappa shape index (κ2) is 10.5. The van der Waals surface area contributed by atoms with Crippen LogP contribution >= 0.6 is 0 Å². The highest BCUT2D eigenvalue weighted by molar-refractivity contribution is 5.29. The zero-order valence-corrected chi connectivity index (χ0v) is 21.3. The number of hydrogen-bond acceptors (Lipinski definition) is 5. The summed E-state index contributed by atoms with van der Waals surface area (Å²) >= 11 is 0. The van der Waals surface area contributed by atoms with E-state index in [4.69, 9.17) is 10.5 Å². The number of rotatable bonds is 9. The third kappa shape index (κ3) is 5.29. The van der Waals surface area contributed by atoms with E-state index in [0.29, 0.717) is 30.7 Å². The highest BCUT2D eigenvalue weighted by Gasteiger charge is 2.42. The summed E-state index contributed by atoms with van der Waals surface area (Å²) in [5.74, 6) is 3.48. The van der Waals surface area contributed by atoms with E-state index in [0.717, 1.165) is 30.4 Å². The lowest BCUT2D eigenvalue weighted by atomic mass is 9.95. The zero-order chi connectivity index (χ0) is 24.4. The number of hydrogen-bond donors (Lipinski definition) is 1. The van der Waals surface area contributed by atoms with Crippen LogP contribution in [0.3, 0.4) is 0 Å². The van der Waals surface area contributed by atoms with Crippen LogP contribution in [0.25, 0.3) is 0 Å². The minimum atomic E-state index is 0.0444. The van der Waals surface area contributed by atoms with Gasteiger partial charge in [-0.15, -0.1) is 10.2 Å². The molecule has 0 radical (unpaired) electrons. The Morgan fingerprint density at radius 1 is 0.943 bits per heavy atom. The van der Waals surface area contributed by atoms with Crippen molar-refractivity contribution in [3.05, 3.63) is 77.4 Å². The van der Waals surface area contributed by atoms with Gasteiger partial charge in [0.15, 0.2) is 0 Å². The molecular weight excluding hydrogens is 434 g/mol. The van der Waals surface area contributed by atoms with Crippen LogP contribution in [-0.2, 0) is 6.61 Å². The molecule has 6 nitrogen and oxygen atoms in total. The summed E-state index contributed by atoms with van der Waals surface area (Å²) in [5.41, 5.74) is 8.98. The summed E-state index contributed by atoms with van der Waals surface area (Å²) in [6.45, 7) is 8.18. The number of benzene rings is 2. The molecule has 35 heavy (non-hydrogen) atoms. The van der Waals surface area contributed by atoms with Crippen LogP contribution in [0.1, 0.15) is 86.7 Å². The predicted molar refractivity (Wildman–Crippen MR) is 139 cm³/mol. The normalized spacial score (nSPS) is 23.1. The average molecular weight is 474 g/mol. The van der Waals surface area contributed by atoms with Crippen LogP contribution < -0.4 is 10.5 Å². The molecule has 0 aliphatic carbocycles. The summed E-state index contributed by atoms with van der Waals surface area (Å²) in [6.07, 6.45) is 5.95. The van der Waals surface area contributed by atoms with Crippen molar-refractivity contribution in [2.75, 3.05) is 6.54 Å². The Balaban J connectivity index is 1.15. The molecule has 3 atom stereocenters. The molecule has 186 valence electrons. The van der Waals surface area contributed by atoms with Crippen LogP contribution in [-0.4, -0.2) is 38.3 Å². The van der Waals surface area contributed by atoms with E-state index < -0.39 is 0 Å². The first-order valence-corrected chi connectivity index (χ1v) is 13.2. The minimum absolute atomic E-state index is 0.0444. The number of nitrogens with two attached hydrogens (primary N) is 1. The Labute approximate surface area is 209 Å². The quantitative estimate of drug-likeness (QED) is 0.441. The third-order valence-electron chi connectivity index (χ3n) is 7.89. The second-order valence-corrected chi connectivity index (χ2v) is 10.6. The zero-order valence-electron chi connectivity index (χ0n) is 21.3. The maximum absolute atomic E-state index is 6.63. The summed E-state index contributed by atoms with van der Waals surface area (Å²) in [5, 5.41) is 8.88. The van der Waals surface area contributed by atoms with Crippen LogP contribution in [0, 0.1) is 6.92 Å². The third-order valence-corrected chi connectivity index (χ3v) is 7.89. The lowest BCUT2D eigenvalue weighted by Gasteiger charge is -2.40. The monoisotopic (exact) mass is 473 g/mol. The van der Waals surface area contributed by atoms with Crippen molar-refractivity contribution < 1.29 is 4.74 Å². The maximum atomic E-state index is 6.63. The molecule has 2 unspecified atom stereocenters. The van der Waals surface area contributed by atoms with E-state index in [2.05, 4.69) is 64.7 Å². The van der Waals surface area contributed by atoms with E-state index >= 15 is 0 Å². The van der Waals surface area contributed by atoms with Gasteiger partial charge in [0.2, 0.25) is 0 Å². The van der Waals surface area contributed by atoms with Gasteiger partial charge in [-0.2, -0.15) is 0 Å². The van der Waals surface area contributed by atoms with Crippen LogP contribution in [0.4, 0.5) is 0 Å². The van der Waals surface area contributed by atoms with Crippen LogP contribution in [0.15, 0.2) is 54.6 Å². The summed E-state index contributed by atoms with van der Waals surface area (Å²) in [6, 6.07) is 20.4. The van der Waals surface area contributed by atoms with Crippen molar-refractivity contribution in [2.45, 2.75) is 89.6 Å². The van der Waals surface area contributed by atoms with Gasteiger partial charge in [-0.1, -0.05) is 56.3 Å². The van der Waals surface area contributed by atoms with Crippen molar-refractivity contribution in [1.29, 1.82) is 0 Å². The van der Waals surface area contributed by atoms with E-state index in [-0.39, 0.29) is 6.04 Å². The molecule has 2 aromatic carbocycles. The fraction of sp³-hybridized carbons (Fsp3) is 0.517. The molecular formula is C29H39N5O. The van der Waals surface area contributed by atoms with Crippen LogP contribution in [0.2, 0.25) is 0 Å². The van der Waals surface area contributed by atoms with Gasteiger partial charge in [0.25, 0.3) is 0 Å². The predicted octanol–water partition coefficient (Wildman–Crippen LogP) is 5.55. The van der Waals surface area contributed by atoms with Crippen molar-refractivity contribution >= 4 is 0 Å². The SMILES string of the molecule is Cc1nnc(C(C)C)n1C1CC2CCC(C1)N2CC[C@H](N)c1ccc(OCc2ccccc2)cc1. The van der Waals surface area contributed by atoms with Crippen molar-refractivity contribution in [3.8, 4) is 5.75 Å². The van der Waals surface area contributed by atoms with Gasteiger partial charge in [-0.05, 0) is 62.3 Å². The molecule has 2 aliphatic heterocycles. The molecule has 5 rings (SSSR count). The Bertz CT molecular complexity index is 1080. The van der Waals surface area contributed by atoms with Crippen molar-refractivity contribution in [2.24, 2.45) is 5.73 Å². The first kappa shape index (κ1) is 24.0. The summed E-state index contributed by atoms with van der Waals surface area (Å²) in [7, 11) is 0. The fourth-order valence-corrected chi connectivity index (χ4v) is 6.06. The van der Waals surface area contributed by atoms with Gasteiger partial charge >= 0.3 is 0 Å². The first-order chi connectivity index (χ1) is 17.0. The van der Waals surface area contributed by atoms with Gasteiger partial charge in [-0.3, -0.25) is 4.90 Å². The lowest BCUT2D eigenvalue weighted by Crippen LogP contribution is -2.44. The largest absolute Gasteiger partial charge is 0.489 e. The minimum Gasteiger partial charge on any atom is -0.489 e.